The van der Waals surface area contributed by atoms with Crippen LogP contribution < -0.4 is 10.9 Å². The van der Waals surface area contributed by atoms with E-state index in [-0.39, 0.29) is 23.4 Å². The molecule has 6 N–H and O–H groups in total. The molecule has 7 nitrogen and oxygen atoms in total. The van der Waals surface area contributed by atoms with Crippen molar-refractivity contribution in [1.82, 2.24) is 0 Å². The minimum Gasteiger partial charge on any atom is -0.400 e. The molecule has 0 bridgehead atoms. The van der Waals surface area contributed by atoms with Gasteiger partial charge in [-0.1, -0.05) is 0 Å². The Balaban J connectivity index is 3.09. The molecule has 1 aliphatic carbocycles. The summed E-state index contributed by atoms with van der Waals surface area (Å²) in [6.45, 7) is -0.465. The van der Waals surface area contributed by atoms with E-state index in [0.29, 0.717) is 0 Å². The number of nitrogens with two attached hydrogens (primary N) is 2. The number of ether oxygens (including phenoxy) is 1. The van der Waals surface area contributed by atoms with Gasteiger partial charge in [-0.05, 0) is 12.2 Å². The average molecular weight is 278 g/mol. The normalized spacial score (nSPS) is 26.4. The Morgan fingerprint density at radius 2 is 2.17 bits per heavy atom. The Labute approximate surface area is 106 Å². The number of methoxy groups -OCH3 is 1. The maximum absolute atomic E-state index is 11.3. The highest BCUT2D eigenvalue weighted by molar-refractivity contribution is 7.93. The number of aliphatic hydroxyl groups is 2. The van der Waals surface area contributed by atoms with E-state index >= 15 is 0 Å². The van der Waals surface area contributed by atoms with Crippen LogP contribution >= 0.6 is 0 Å². The summed E-state index contributed by atoms with van der Waals surface area (Å²) < 4.78 is 27.9. The fourth-order valence-corrected chi connectivity index (χ4v) is 2.57. The molecule has 1 aliphatic rings. The van der Waals surface area contributed by atoms with Crippen LogP contribution in [0.3, 0.4) is 0 Å². The Kier molecular flexibility index (Phi) is 4.51. The van der Waals surface area contributed by atoms with Crippen LogP contribution in [0.5, 0.6) is 0 Å². The van der Waals surface area contributed by atoms with Gasteiger partial charge in [-0.2, -0.15) is 0 Å². The topological polar surface area (TPSA) is 136 Å². The van der Waals surface area contributed by atoms with E-state index in [9.17, 15) is 13.5 Å². The van der Waals surface area contributed by atoms with Crippen LogP contribution in [0.25, 0.3) is 0 Å². The monoisotopic (exact) mass is 278 g/mol. The second-order valence-electron chi connectivity index (χ2n) is 4.22. The van der Waals surface area contributed by atoms with Gasteiger partial charge in [-0.3, -0.25) is 0 Å². The van der Waals surface area contributed by atoms with Crippen LogP contribution in [-0.2, 0) is 14.8 Å². The summed E-state index contributed by atoms with van der Waals surface area (Å²) in [5, 5.41) is 23.4. The molecule has 8 heteroatoms. The van der Waals surface area contributed by atoms with Crippen molar-refractivity contribution in [2.75, 3.05) is 13.7 Å². The van der Waals surface area contributed by atoms with Crippen molar-refractivity contribution in [1.29, 1.82) is 0 Å². The molecule has 0 heterocycles. The summed E-state index contributed by atoms with van der Waals surface area (Å²) in [5.74, 6) is 0. The van der Waals surface area contributed by atoms with Gasteiger partial charge in [0.1, 0.15) is 5.60 Å². The molecule has 0 aliphatic heterocycles. The maximum atomic E-state index is 11.3. The zero-order valence-electron chi connectivity index (χ0n) is 10.0. The largest absolute Gasteiger partial charge is 0.400 e. The first-order valence-electron chi connectivity index (χ1n) is 5.29. The number of hydrogen-bond donors (Lipinski definition) is 4. The molecule has 0 aromatic heterocycles. The Morgan fingerprint density at radius 3 is 2.61 bits per heavy atom. The lowest BCUT2D eigenvalue weighted by atomic mass is 9.86. The van der Waals surface area contributed by atoms with Crippen molar-refractivity contribution in [2.45, 2.75) is 24.5 Å². The second kappa shape index (κ2) is 5.37. The highest BCUT2D eigenvalue weighted by Crippen LogP contribution is 2.35. The fourth-order valence-electron chi connectivity index (χ4n) is 1.88. The average Bonchev–Trinajstić information content (AvgIpc) is 2.30. The molecule has 0 saturated carbocycles. The molecule has 0 amide bonds. The van der Waals surface area contributed by atoms with E-state index in [0.717, 1.165) is 0 Å². The number of rotatable bonds is 5. The van der Waals surface area contributed by atoms with Gasteiger partial charge in [0.25, 0.3) is 0 Å². The van der Waals surface area contributed by atoms with Gasteiger partial charge < -0.3 is 20.7 Å². The van der Waals surface area contributed by atoms with Crippen LogP contribution in [0.2, 0.25) is 0 Å². The molecule has 18 heavy (non-hydrogen) atoms. The third-order valence-electron chi connectivity index (χ3n) is 2.97. The molecule has 1 rings (SSSR count). The van der Waals surface area contributed by atoms with E-state index in [1.165, 1.54) is 19.3 Å². The van der Waals surface area contributed by atoms with Crippen molar-refractivity contribution in [3.8, 4) is 0 Å². The molecular weight excluding hydrogens is 260 g/mol. The molecular formula is C10H18N2O5S. The fraction of sp³-hybridized carbons (Fsp3) is 0.600. The Bertz CT molecular complexity index is 471. The third-order valence-corrected chi connectivity index (χ3v) is 3.98. The highest BCUT2D eigenvalue weighted by atomic mass is 32.2. The van der Waals surface area contributed by atoms with E-state index in [4.69, 9.17) is 20.7 Å². The van der Waals surface area contributed by atoms with Gasteiger partial charge in [0.05, 0.1) is 17.6 Å². The summed E-state index contributed by atoms with van der Waals surface area (Å²) in [7, 11) is -2.48. The zero-order valence-corrected chi connectivity index (χ0v) is 10.9. The summed E-state index contributed by atoms with van der Waals surface area (Å²) in [5.41, 5.74) is 4.91. The first-order valence-corrected chi connectivity index (χ1v) is 6.83. The van der Waals surface area contributed by atoms with E-state index in [2.05, 4.69) is 0 Å². The molecule has 104 valence electrons. The number of primary sulfonamides is 1. The molecule has 0 spiro atoms. The van der Waals surface area contributed by atoms with Crippen LogP contribution in [0, 0.1) is 0 Å². The van der Waals surface area contributed by atoms with Crippen LogP contribution in [0.1, 0.15) is 12.8 Å². The minimum absolute atomic E-state index is 0.0187. The summed E-state index contributed by atoms with van der Waals surface area (Å²) in [6, 6.07) is 0. The van der Waals surface area contributed by atoms with Crippen molar-refractivity contribution >= 4 is 10.0 Å². The SMILES string of the molecule is COC1(CC(O)CO)CC(S(N)(=O)=O)=CC=C1N. The smallest absolute Gasteiger partial charge is 0.234 e. The van der Waals surface area contributed by atoms with Crippen LogP contribution in [0.15, 0.2) is 22.8 Å². The molecule has 0 aromatic rings. The van der Waals surface area contributed by atoms with E-state index in [1.54, 1.807) is 0 Å². The predicted octanol–water partition coefficient (Wildman–Crippen LogP) is -1.47. The number of sulfonamides is 1. The van der Waals surface area contributed by atoms with Crippen LogP contribution in [0.4, 0.5) is 0 Å². The Hall–Kier alpha value is -0.930. The van der Waals surface area contributed by atoms with Crippen molar-refractivity contribution < 1.29 is 23.4 Å². The van der Waals surface area contributed by atoms with Gasteiger partial charge in [-0.25, -0.2) is 13.6 Å². The van der Waals surface area contributed by atoms with Crippen molar-refractivity contribution in [3.05, 3.63) is 22.8 Å². The van der Waals surface area contributed by atoms with E-state index < -0.39 is 28.3 Å². The van der Waals surface area contributed by atoms with Gasteiger partial charge in [0.2, 0.25) is 10.0 Å². The highest BCUT2D eigenvalue weighted by Gasteiger charge is 2.40. The quantitative estimate of drug-likeness (QED) is 0.485. The van der Waals surface area contributed by atoms with Gasteiger partial charge >= 0.3 is 0 Å². The third kappa shape index (κ3) is 3.09. The molecule has 0 radical (unpaired) electrons. The Morgan fingerprint density at radius 1 is 1.56 bits per heavy atom. The molecule has 0 aromatic carbocycles. The molecule has 0 fully saturated rings. The number of aliphatic hydroxyl groups excluding tert-OH is 2. The summed E-state index contributed by atoms with van der Waals surface area (Å²) >= 11 is 0. The molecule has 2 atom stereocenters. The van der Waals surface area contributed by atoms with Crippen molar-refractivity contribution in [2.24, 2.45) is 10.9 Å². The minimum atomic E-state index is -3.84. The van der Waals surface area contributed by atoms with Gasteiger partial charge in [0.15, 0.2) is 0 Å². The summed E-state index contributed by atoms with van der Waals surface area (Å²) in [4.78, 5) is -0.0244. The molecule has 0 saturated heterocycles. The number of allylic oxidation sites excluding steroid dienone is 2. The molecule has 2 unspecified atom stereocenters. The first kappa shape index (κ1) is 15.1. The van der Waals surface area contributed by atoms with Crippen LogP contribution in [-0.4, -0.2) is 44.1 Å². The lowest BCUT2D eigenvalue weighted by Crippen LogP contribution is -2.44. The summed E-state index contributed by atoms with van der Waals surface area (Å²) in [6.07, 6.45) is 1.55. The number of hydrogen-bond acceptors (Lipinski definition) is 6. The lowest BCUT2D eigenvalue weighted by Gasteiger charge is -2.36. The second-order valence-corrected chi connectivity index (χ2v) is 5.83. The maximum Gasteiger partial charge on any atom is 0.234 e. The van der Waals surface area contributed by atoms with Crippen molar-refractivity contribution in [3.63, 3.8) is 0 Å². The van der Waals surface area contributed by atoms with E-state index in [1.807, 2.05) is 0 Å². The lowest BCUT2D eigenvalue weighted by molar-refractivity contribution is -0.0329. The first-order chi connectivity index (χ1) is 8.25. The van der Waals surface area contributed by atoms with Gasteiger partial charge in [-0.15, -0.1) is 0 Å². The standard InChI is InChI=1S/C10H18N2O5S/c1-17-10(4-7(14)6-13)5-8(18(12,15)16)2-3-9(10)11/h2-3,7,13-14H,4-6,11H2,1H3,(H2,12,15,16). The predicted molar refractivity (Wildman–Crippen MR) is 65.5 cm³/mol. The van der Waals surface area contributed by atoms with Gasteiger partial charge in [0, 0.05) is 25.6 Å². The zero-order chi connectivity index (χ0) is 14.0.